The highest BCUT2D eigenvalue weighted by atomic mass is 79.9. The summed E-state index contributed by atoms with van der Waals surface area (Å²) >= 11 is 7.14. The second-order valence-corrected chi connectivity index (χ2v) is 12.5. The molecule has 3 aliphatic carbocycles. The Morgan fingerprint density at radius 1 is 0.514 bits per heavy atom. The van der Waals surface area contributed by atoms with Gasteiger partial charge in [-0.05, 0) is 119 Å². The molecule has 0 N–H and O–H groups in total. The fraction of sp³-hybridized carbons (Fsp3) is 0.250. The minimum absolute atomic E-state index is 0.336. The van der Waals surface area contributed by atoms with E-state index in [0.717, 1.165) is 26.0 Å². The predicted octanol–water partition coefficient (Wildman–Crippen LogP) is 10.5. The number of benzene rings is 4. The van der Waals surface area contributed by atoms with Crippen molar-refractivity contribution in [3.63, 3.8) is 0 Å². The molecule has 0 saturated heterocycles. The van der Waals surface area contributed by atoms with Crippen molar-refractivity contribution >= 4 is 48.9 Å². The lowest BCUT2D eigenvalue weighted by Crippen LogP contribution is -2.44. The molecule has 2 bridgehead atoms. The molecule has 1 saturated carbocycles. The molecule has 1 nitrogen and oxygen atoms in total. The van der Waals surface area contributed by atoms with Crippen molar-refractivity contribution in [1.29, 1.82) is 0 Å². The van der Waals surface area contributed by atoms with E-state index in [9.17, 15) is 0 Å². The van der Waals surface area contributed by atoms with E-state index in [2.05, 4.69) is 142 Å². The Morgan fingerprint density at radius 2 is 0.914 bits per heavy atom. The van der Waals surface area contributed by atoms with Crippen LogP contribution < -0.4 is 4.90 Å². The van der Waals surface area contributed by atoms with Gasteiger partial charge in [-0.3, -0.25) is 0 Å². The van der Waals surface area contributed by atoms with E-state index >= 15 is 0 Å². The molecule has 7 rings (SSSR count). The zero-order valence-electron chi connectivity index (χ0n) is 20.2. The zero-order valence-corrected chi connectivity index (χ0v) is 23.4. The molecule has 0 atom stereocenters. The Balaban J connectivity index is 1.38. The lowest BCUT2D eigenvalue weighted by molar-refractivity contribution is 0.188. The zero-order chi connectivity index (χ0) is 24.2. The summed E-state index contributed by atoms with van der Waals surface area (Å²) in [5.41, 5.74) is 9.90. The first-order chi connectivity index (χ1) is 16.8. The van der Waals surface area contributed by atoms with Crippen LogP contribution in [0.1, 0.15) is 50.7 Å². The number of rotatable bonds is 4. The van der Waals surface area contributed by atoms with Crippen LogP contribution in [0.4, 0.5) is 17.1 Å². The third kappa shape index (κ3) is 4.07. The van der Waals surface area contributed by atoms with E-state index in [0.29, 0.717) is 10.8 Å². The molecule has 176 valence electrons. The van der Waals surface area contributed by atoms with Crippen LogP contribution in [0.2, 0.25) is 0 Å². The first-order valence-corrected chi connectivity index (χ1v) is 14.0. The van der Waals surface area contributed by atoms with Gasteiger partial charge in [-0.2, -0.15) is 0 Å². The summed E-state index contributed by atoms with van der Waals surface area (Å²) in [4.78, 5) is 2.30. The van der Waals surface area contributed by atoms with Gasteiger partial charge in [0.05, 0.1) is 0 Å². The summed E-state index contributed by atoms with van der Waals surface area (Å²) in [6, 6.07) is 33.3. The predicted molar refractivity (Wildman–Crippen MR) is 155 cm³/mol. The van der Waals surface area contributed by atoms with Gasteiger partial charge in [-0.25, -0.2) is 0 Å². The number of halogens is 2. The maximum Gasteiger partial charge on any atom is 0.0462 e. The Labute approximate surface area is 225 Å². The lowest BCUT2D eigenvalue weighted by atomic mass is 9.52. The minimum Gasteiger partial charge on any atom is -0.311 e. The molecule has 0 radical (unpaired) electrons. The molecule has 4 aromatic carbocycles. The van der Waals surface area contributed by atoms with E-state index in [1.165, 1.54) is 36.8 Å². The highest BCUT2D eigenvalue weighted by molar-refractivity contribution is 9.10. The Kier molecular flexibility index (Phi) is 5.69. The second-order valence-electron chi connectivity index (χ2n) is 10.7. The van der Waals surface area contributed by atoms with Gasteiger partial charge in [0.25, 0.3) is 0 Å². The monoisotopic (exact) mass is 585 g/mol. The third-order valence-corrected chi connectivity index (χ3v) is 9.46. The summed E-state index contributed by atoms with van der Waals surface area (Å²) in [6.07, 6.45) is 5.28. The highest BCUT2D eigenvalue weighted by Gasteiger charge is 2.47. The van der Waals surface area contributed by atoms with Crippen molar-refractivity contribution < 1.29 is 0 Å². The molecular weight excluding hydrogens is 558 g/mol. The van der Waals surface area contributed by atoms with Gasteiger partial charge in [0.1, 0.15) is 0 Å². The van der Waals surface area contributed by atoms with Gasteiger partial charge in [-0.15, -0.1) is 0 Å². The minimum atomic E-state index is 0.336. The Morgan fingerprint density at radius 3 is 1.40 bits per heavy atom. The van der Waals surface area contributed by atoms with Crippen LogP contribution in [-0.2, 0) is 10.8 Å². The number of hydrogen-bond donors (Lipinski definition) is 0. The molecule has 3 aliphatic rings. The van der Waals surface area contributed by atoms with Crippen LogP contribution in [0, 0.1) is 0 Å². The Hall–Kier alpha value is -2.36. The Bertz CT molecular complexity index is 1320. The quantitative estimate of drug-likeness (QED) is 0.230. The molecule has 1 fully saturated rings. The summed E-state index contributed by atoms with van der Waals surface area (Å²) in [5, 5.41) is 0. The lowest BCUT2D eigenvalue weighted by Gasteiger charge is -2.52. The number of nitrogens with zero attached hydrogens (tertiary/aromatic N) is 1. The summed E-state index contributed by atoms with van der Waals surface area (Å²) in [7, 11) is 0. The highest BCUT2D eigenvalue weighted by Crippen LogP contribution is 2.56. The van der Waals surface area contributed by atoms with Crippen molar-refractivity contribution in [2.45, 2.75) is 50.4 Å². The largest absolute Gasteiger partial charge is 0.311 e. The van der Waals surface area contributed by atoms with Crippen LogP contribution >= 0.6 is 31.9 Å². The van der Waals surface area contributed by atoms with Crippen molar-refractivity contribution in [2.24, 2.45) is 0 Å². The van der Waals surface area contributed by atoms with Gasteiger partial charge in [0.15, 0.2) is 0 Å². The van der Waals surface area contributed by atoms with Crippen molar-refractivity contribution in [3.8, 4) is 11.1 Å². The first-order valence-electron chi connectivity index (χ1n) is 12.4. The van der Waals surface area contributed by atoms with Gasteiger partial charge in [0, 0.05) is 26.0 Å². The van der Waals surface area contributed by atoms with Crippen LogP contribution in [0.5, 0.6) is 0 Å². The molecule has 3 heteroatoms. The molecule has 4 aromatic rings. The van der Waals surface area contributed by atoms with Gasteiger partial charge in [0.2, 0.25) is 0 Å². The van der Waals surface area contributed by atoms with E-state index < -0.39 is 0 Å². The van der Waals surface area contributed by atoms with E-state index in [1.807, 2.05) is 0 Å². The average Bonchev–Trinajstić information content (AvgIpc) is 2.88. The first kappa shape index (κ1) is 23.1. The normalized spacial score (nSPS) is 22.6. The van der Waals surface area contributed by atoms with Crippen LogP contribution in [0.15, 0.2) is 99.9 Å². The van der Waals surface area contributed by atoms with Gasteiger partial charge in [-0.1, -0.05) is 76.0 Å². The second kappa shape index (κ2) is 8.64. The van der Waals surface area contributed by atoms with E-state index in [1.54, 1.807) is 11.1 Å². The van der Waals surface area contributed by atoms with Crippen molar-refractivity contribution in [2.75, 3.05) is 4.90 Å². The van der Waals surface area contributed by atoms with Crippen LogP contribution in [0.25, 0.3) is 11.1 Å². The molecular formula is C32H29Br2N. The SMILES string of the molecule is CC12CCC(C)(CC1)c1cc(-c3ccc(N(c4ccc(Br)cc4)c4ccc(Br)cc4)cc3)ccc12. The maximum atomic E-state index is 3.57. The summed E-state index contributed by atoms with van der Waals surface area (Å²) in [6.45, 7) is 4.95. The van der Waals surface area contributed by atoms with E-state index in [4.69, 9.17) is 0 Å². The van der Waals surface area contributed by atoms with Crippen LogP contribution in [0.3, 0.4) is 0 Å². The average molecular weight is 587 g/mol. The van der Waals surface area contributed by atoms with Crippen molar-refractivity contribution in [3.05, 3.63) is 111 Å². The van der Waals surface area contributed by atoms with E-state index in [-0.39, 0.29) is 0 Å². The fourth-order valence-corrected chi connectivity index (χ4v) is 6.60. The molecule has 0 heterocycles. The number of anilines is 3. The molecule has 0 aliphatic heterocycles. The molecule has 35 heavy (non-hydrogen) atoms. The fourth-order valence-electron chi connectivity index (χ4n) is 6.07. The maximum absolute atomic E-state index is 3.57. The van der Waals surface area contributed by atoms with Crippen molar-refractivity contribution in [1.82, 2.24) is 0 Å². The van der Waals surface area contributed by atoms with Gasteiger partial charge >= 0.3 is 0 Å². The molecule has 0 unspecified atom stereocenters. The standard InChI is InChI=1S/C32H29Br2N/c1-31-17-19-32(2,20-18-31)30-21-23(5-16-29(30)31)22-3-10-26(11-4-22)35(27-12-6-24(33)7-13-27)28-14-8-25(34)9-15-28/h3-16,21H,17-20H2,1-2H3. The molecule has 0 aromatic heterocycles. The summed E-state index contributed by atoms with van der Waals surface area (Å²) in [5.74, 6) is 0. The number of fused-ring (bicyclic) bond motifs is 2. The number of hydrogen-bond acceptors (Lipinski definition) is 1. The third-order valence-electron chi connectivity index (χ3n) is 8.41. The summed E-state index contributed by atoms with van der Waals surface area (Å²) < 4.78 is 2.16. The van der Waals surface area contributed by atoms with Crippen LogP contribution in [-0.4, -0.2) is 0 Å². The topological polar surface area (TPSA) is 3.24 Å². The molecule has 0 spiro atoms. The smallest absolute Gasteiger partial charge is 0.0462 e. The molecule has 0 amide bonds. The van der Waals surface area contributed by atoms with Gasteiger partial charge < -0.3 is 4.90 Å².